The van der Waals surface area contributed by atoms with Crippen LogP contribution in [0.25, 0.3) is 0 Å². The van der Waals surface area contributed by atoms with Gasteiger partial charge in [0.15, 0.2) is 0 Å². The van der Waals surface area contributed by atoms with Crippen molar-refractivity contribution >= 4 is 33.6 Å². The first-order valence-electron chi connectivity index (χ1n) is 4.87. The third-order valence-corrected chi connectivity index (χ3v) is 3.69. The lowest BCUT2D eigenvalue weighted by Crippen LogP contribution is -2.33. The molecule has 1 aliphatic heterocycles. The molecule has 1 heterocycles. The molecule has 0 spiro atoms. The molecule has 0 bridgehead atoms. The number of hydrogen-bond donors (Lipinski definition) is 1. The molecule has 3 nitrogen and oxygen atoms in total. The normalized spacial score (nSPS) is 21.1. The Morgan fingerprint density at radius 1 is 1.57 bits per heavy atom. The Kier molecular flexibility index (Phi) is 6.64. The number of nitrogens with one attached hydrogen (secondary N) is 1. The van der Waals surface area contributed by atoms with E-state index in [1.54, 1.807) is 11.8 Å². The maximum atomic E-state index is 11.5. The number of carbonyl (C=O) groups excluding carboxylic acids is 1. The van der Waals surface area contributed by atoms with Gasteiger partial charge in [0.1, 0.15) is 0 Å². The molecular weight excluding hydrogens is 266 g/mol. The van der Waals surface area contributed by atoms with Crippen molar-refractivity contribution in [3.05, 3.63) is 0 Å². The van der Waals surface area contributed by atoms with Crippen molar-refractivity contribution in [1.82, 2.24) is 5.32 Å². The zero-order valence-electron chi connectivity index (χ0n) is 8.13. The first-order valence-corrected chi connectivity index (χ1v) is 7.04. The second-order valence-corrected chi connectivity index (χ2v) is 5.20. The maximum Gasteiger partial charge on any atom is 0.233 e. The average Bonchev–Trinajstić information content (AvgIpc) is 2.70. The highest BCUT2D eigenvalue weighted by Gasteiger charge is 2.22. The van der Waals surface area contributed by atoms with E-state index in [-0.39, 0.29) is 11.2 Å². The molecule has 5 heteroatoms. The number of thioether (sulfide) groups is 1. The minimum atomic E-state index is 0.176. The highest BCUT2D eigenvalue weighted by Crippen LogP contribution is 2.25. The van der Waals surface area contributed by atoms with Gasteiger partial charge in [-0.1, -0.05) is 15.9 Å². The SMILES string of the molecule is O=C(NCCOCCBr)C1CCCS1. The summed E-state index contributed by atoms with van der Waals surface area (Å²) in [6.45, 7) is 1.94. The van der Waals surface area contributed by atoms with Crippen LogP contribution in [-0.4, -0.2) is 42.0 Å². The van der Waals surface area contributed by atoms with Crippen LogP contribution in [0.5, 0.6) is 0 Å². The van der Waals surface area contributed by atoms with E-state index in [0.717, 1.165) is 17.5 Å². The number of hydrogen-bond acceptors (Lipinski definition) is 3. The van der Waals surface area contributed by atoms with Gasteiger partial charge in [0.2, 0.25) is 5.91 Å². The van der Waals surface area contributed by atoms with E-state index >= 15 is 0 Å². The molecule has 14 heavy (non-hydrogen) atoms. The Hall–Kier alpha value is 0.260. The Morgan fingerprint density at radius 2 is 2.43 bits per heavy atom. The lowest BCUT2D eigenvalue weighted by atomic mass is 10.2. The van der Waals surface area contributed by atoms with Crippen molar-refractivity contribution in [2.45, 2.75) is 18.1 Å². The van der Waals surface area contributed by atoms with Crippen molar-refractivity contribution < 1.29 is 9.53 Å². The van der Waals surface area contributed by atoms with Crippen LogP contribution in [0.4, 0.5) is 0 Å². The van der Waals surface area contributed by atoms with Crippen LogP contribution in [0.15, 0.2) is 0 Å². The molecule has 0 saturated carbocycles. The number of ether oxygens (including phenoxy) is 1. The second-order valence-electron chi connectivity index (χ2n) is 3.09. The second kappa shape index (κ2) is 7.54. The largest absolute Gasteiger partial charge is 0.379 e. The molecule has 0 aromatic heterocycles. The Balaban J connectivity index is 1.97. The highest BCUT2D eigenvalue weighted by molar-refractivity contribution is 9.09. The topological polar surface area (TPSA) is 38.3 Å². The molecule has 1 amide bonds. The van der Waals surface area contributed by atoms with Crippen LogP contribution in [0.3, 0.4) is 0 Å². The van der Waals surface area contributed by atoms with E-state index in [1.807, 2.05) is 0 Å². The summed E-state index contributed by atoms with van der Waals surface area (Å²) >= 11 is 5.03. The molecule has 82 valence electrons. The van der Waals surface area contributed by atoms with E-state index < -0.39 is 0 Å². The van der Waals surface area contributed by atoms with Gasteiger partial charge in [0, 0.05) is 11.9 Å². The van der Waals surface area contributed by atoms with Gasteiger partial charge in [0.25, 0.3) is 0 Å². The van der Waals surface area contributed by atoms with Gasteiger partial charge in [-0.3, -0.25) is 4.79 Å². The quantitative estimate of drug-likeness (QED) is 0.591. The summed E-state index contributed by atoms with van der Waals surface area (Å²) in [5.74, 6) is 1.30. The zero-order valence-corrected chi connectivity index (χ0v) is 10.5. The average molecular weight is 282 g/mol. The summed E-state index contributed by atoms with van der Waals surface area (Å²) in [5, 5.41) is 3.92. The van der Waals surface area contributed by atoms with Crippen molar-refractivity contribution in [2.75, 3.05) is 30.8 Å². The predicted molar refractivity (Wildman–Crippen MR) is 63.1 cm³/mol. The summed E-state index contributed by atoms with van der Waals surface area (Å²) in [6, 6.07) is 0. The van der Waals surface area contributed by atoms with Crippen molar-refractivity contribution in [2.24, 2.45) is 0 Å². The van der Waals surface area contributed by atoms with E-state index in [2.05, 4.69) is 21.2 Å². The summed E-state index contributed by atoms with van der Waals surface area (Å²) in [4.78, 5) is 11.5. The molecule has 1 atom stereocenters. The number of rotatable bonds is 6. The summed E-state index contributed by atoms with van der Waals surface area (Å²) in [7, 11) is 0. The Bertz CT molecular complexity index is 174. The van der Waals surface area contributed by atoms with Crippen molar-refractivity contribution in [3.8, 4) is 0 Å². The van der Waals surface area contributed by atoms with Crippen molar-refractivity contribution in [3.63, 3.8) is 0 Å². The van der Waals surface area contributed by atoms with Crippen LogP contribution in [0, 0.1) is 0 Å². The van der Waals surface area contributed by atoms with E-state index in [4.69, 9.17) is 4.74 Å². The number of halogens is 1. The molecular formula is C9H16BrNO2S. The minimum Gasteiger partial charge on any atom is -0.379 e. The van der Waals surface area contributed by atoms with Gasteiger partial charge in [-0.2, -0.15) is 0 Å². The maximum absolute atomic E-state index is 11.5. The smallest absolute Gasteiger partial charge is 0.233 e. The molecule has 0 radical (unpaired) electrons. The molecule has 0 aromatic rings. The molecule has 0 aliphatic carbocycles. The summed E-state index contributed by atoms with van der Waals surface area (Å²) < 4.78 is 5.23. The van der Waals surface area contributed by atoms with Crippen LogP contribution < -0.4 is 5.32 Å². The third-order valence-electron chi connectivity index (χ3n) is 1.99. The molecule has 1 aliphatic rings. The van der Waals surface area contributed by atoms with Crippen molar-refractivity contribution in [1.29, 1.82) is 0 Å². The first-order chi connectivity index (χ1) is 6.84. The predicted octanol–water partition coefficient (Wildman–Crippen LogP) is 1.41. The summed E-state index contributed by atoms with van der Waals surface area (Å²) in [5.41, 5.74) is 0. The number of alkyl halides is 1. The number of carbonyl (C=O) groups is 1. The van der Waals surface area contributed by atoms with E-state index in [0.29, 0.717) is 19.8 Å². The lowest BCUT2D eigenvalue weighted by molar-refractivity contribution is -0.120. The third kappa shape index (κ3) is 4.66. The van der Waals surface area contributed by atoms with Gasteiger partial charge in [0.05, 0.1) is 18.5 Å². The van der Waals surface area contributed by atoms with Crippen LogP contribution >= 0.6 is 27.7 Å². The monoisotopic (exact) mass is 281 g/mol. The number of amides is 1. The van der Waals surface area contributed by atoms with E-state index in [9.17, 15) is 4.79 Å². The van der Waals surface area contributed by atoms with Crippen LogP contribution in [0.1, 0.15) is 12.8 Å². The van der Waals surface area contributed by atoms with Gasteiger partial charge in [-0.05, 0) is 18.6 Å². The Labute approximate surface area is 97.5 Å². The molecule has 1 saturated heterocycles. The standard InChI is InChI=1S/C9H16BrNO2S/c10-3-5-13-6-4-11-9(12)8-2-1-7-14-8/h8H,1-7H2,(H,11,12). The van der Waals surface area contributed by atoms with E-state index in [1.165, 1.54) is 6.42 Å². The molecule has 1 fully saturated rings. The van der Waals surface area contributed by atoms with Crippen LogP contribution in [0.2, 0.25) is 0 Å². The molecule has 1 rings (SSSR count). The van der Waals surface area contributed by atoms with Gasteiger partial charge in [-0.25, -0.2) is 0 Å². The minimum absolute atomic E-state index is 0.176. The lowest BCUT2D eigenvalue weighted by Gasteiger charge is -2.09. The molecule has 1 N–H and O–H groups in total. The van der Waals surface area contributed by atoms with Gasteiger partial charge >= 0.3 is 0 Å². The zero-order chi connectivity index (χ0) is 10.2. The van der Waals surface area contributed by atoms with Gasteiger partial charge in [-0.15, -0.1) is 11.8 Å². The highest BCUT2D eigenvalue weighted by atomic mass is 79.9. The first kappa shape index (κ1) is 12.3. The molecule has 0 aromatic carbocycles. The fourth-order valence-corrected chi connectivity index (χ4v) is 2.72. The fourth-order valence-electron chi connectivity index (χ4n) is 1.30. The molecule has 1 unspecified atom stereocenters. The fraction of sp³-hybridized carbons (Fsp3) is 0.889. The summed E-state index contributed by atoms with van der Waals surface area (Å²) in [6.07, 6.45) is 2.20. The van der Waals surface area contributed by atoms with Crippen LogP contribution in [-0.2, 0) is 9.53 Å². The van der Waals surface area contributed by atoms with Gasteiger partial charge < -0.3 is 10.1 Å². The Morgan fingerprint density at radius 3 is 3.07 bits per heavy atom.